The number of alkyl carbamates (subject to hydrolysis) is 1. The summed E-state index contributed by atoms with van der Waals surface area (Å²) in [6.07, 6.45) is -1.91. The molecule has 4 amide bonds. The Morgan fingerprint density at radius 1 is 0.695 bits per heavy atom. The van der Waals surface area contributed by atoms with E-state index in [0.29, 0.717) is 44.9 Å². The van der Waals surface area contributed by atoms with Crippen molar-refractivity contribution in [1.29, 1.82) is 0 Å². The first kappa shape index (κ1) is 46.9. The van der Waals surface area contributed by atoms with Gasteiger partial charge in [0.15, 0.2) is 30.6 Å². The molecule has 1 heterocycles. The average Bonchev–Trinajstić information content (AvgIpc) is 3.85. The van der Waals surface area contributed by atoms with Gasteiger partial charge in [-0.1, -0.05) is 19.1 Å². The van der Waals surface area contributed by atoms with Crippen LogP contribution in [0.1, 0.15) is 106 Å². The number of nitrogens with one attached hydrogen (secondary N) is 2. The molecule has 3 aliphatic carbocycles. The van der Waals surface area contributed by atoms with Gasteiger partial charge >= 0.3 is 30.0 Å². The molecule has 59 heavy (non-hydrogen) atoms. The number of nitrogens with zero attached hydrogens (tertiary/aromatic N) is 2. The molecular weight excluding hydrogens is 772 g/mol. The number of hydrogen-bond donors (Lipinski definition) is 2. The van der Waals surface area contributed by atoms with Crippen molar-refractivity contribution in [3.8, 4) is 0 Å². The van der Waals surface area contributed by atoms with Crippen LogP contribution >= 0.6 is 0 Å². The summed E-state index contributed by atoms with van der Waals surface area (Å²) in [5, 5.41) is 5.64. The van der Waals surface area contributed by atoms with Gasteiger partial charge in [0.2, 0.25) is 11.8 Å². The lowest BCUT2D eigenvalue weighted by molar-refractivity contribution is -0.250. The van der Waals surface area contributed by atoms with E-state index in [1.807, 2.05) is 0 Å². The molecule has 18 heteroatoms. The third kappa shape index (κ3) is 12.9. The number of amides is 4. The van der Waals surface area contributed by atoms with E-state index in [9.17, 15) is 38.4 Å². The maximum atomic E-state index is 14.3. The number of likely N-dealkylation sites (N-methyl/N-ethyl adjacent to an activating group) is 1. The highest BCUT2D eigenvalue weighted by Gasteiger charge is 2.56. The molecular formula is C41H62N4O14. The summed E-state index contributed by atoms with van der Waals surface area (Å²) in [5.41, 5.74) is -0.652. The van der Waals surface area contributed by atoms with Gasteiger partial charge in [0, 0.05) is 64.8 Å². The smallest absolute Gasteiger partial charge is 0.407 e. The SMILES string of the molecule is C=CCOC(=O)[C@H]1CC[C@@H](N(C)C(=O)[C@H]2O[C@@H](NC(=O)[C@H]3CC[C@@H](N(C)C(=O)[C@@H]4CCC[C@H](NC(=O)OC(C)(C)C)C4)C3)[C@H](OC(C)=O)[C@@H](OC(C)=O)[C@@H]2OC(C)=O)C1. The van der Waals surface area contributed by atoms with Crippen molar-refractivity contribution >= 4 is 47.7 Å². The van der Waals surface area contributed by atoms with E-state index in [2.05, 4.69) is 17.2 Å². The van der Waals surface area contributed by atoms with E-state index >= 15 is 0 Å². The predicted octanol–water partition coefficient (Wildman–Crippen LogP) is 2.69. The molecule has 1 aliphatic heterocycles. The summed E-state index contributed by atoms with van der Waals surface area (Å²) >= 11 is 0. The number of esters is 4. The third-order valence-corrected chi connectivity index (χ3v) is 11.4. The van der Waals surface area contributed by atoms with E-state index in [1.54, 1.807) is 32.7 Å². The summed E-state index contributed by atoms with van der Waals surface area (Å²) < 4.78 is 33.5. The fourth-order valence-corrected chi connectivity index (χ4v) is 8.58. The van der Waals surface area contributed by atoms with Gasteiger partial charge in [0.1, 0.15) is 12.2 Å². The topological polar surface area (TPSA) is 222 Å². The zero-order chi connectivity index (χ0) is 43.8. The number of rotatable bonds is 13. The normalized spacial score (nSPS) is 30.5. The van der Waals surface area contributed by atoms with Crippen LogP contribution in [0.5, 0.6) is 0 Å². The zero-order valence-corrected chi connectivity index (χ0v) is 35.5. The average molecular weight is 835 g/mol. The second-order valence-corrected chi connectivity index (χ2v) is 17.1. The lowest BCUT2D eigenvalue weighted by atomic mass is 9.84. The molecule has 2 N–H and O–H groups in total. The van der Waals surface area contributed by atoms with Crippen LogP contribution in [0, 0.1) is 17.8 Å². The van der Waals surface area contributed by atoms with Crippen LogP contribution < -0.4 is 10.6 Å². The van der Waals surface area contributed by atoms with Crippen LogP contribution in [0.15, 0.2) is 12.7 Å². The Balaban J connectivity index is 1.49. The van der Waals surface area contributed by atoms with Gasteiger partial charge in [0.25, 0.3) is 5.91 Å². The fourth-order valence-electron chi connectivity index (χ4n) is 8.58. The summed E-state index contributed by atoms with van der Waals surface area (Å²) in [7, 11) is 3.22. The fraction of sp³-hybridized carbons (Fsp3) is 0.756. The summed E-state index contributed by atoms with van der Waals surface area (Å²) in [4.78, 5) is 107. The van der Waals surface area contributed by atoms with E-state index in [1.165, 1.54) is 18.0 Å². The Morgan fingerprint density at radius 2 is 1.25 bits per heavy atom. The van der Waals surface area contributed by atoms with Gasteiger partial charge in [-0.25, -0.2) is 4.79 Å². The molecule has 0 bridgehead atoms. The van der Waals surface area contributed by atoms with Crippen molar-refractivity contribution in [2.75, 3.05) is 20.7 Å². The van der Waals surface area contributed by atoms with Crippen molar-refractivity contribution in [3.63, 3.8) is 0 Å². The molecule has 11 atom stereocenters. The second-order valence-electron chi connectivity index (χ2n) is 17.1. The maximum Gasteiger partial charge on any atom is 0.407 e. The van der Waals surface area contributed by atoms with Crippen LogP contribution in [0.4, 0.5) is 4.79 Å². The van der Waals surface area contributed by atoms with Crippen molar-refractivity contribution in [2.24, 2.45) is 17.8 Å². The van der Waals surface area contributed by atoms with Crippen molar-refractivity contribution < 1.29 is 66.8 Å². The minimum absolute atomic E-state index is 0.0523. The molecule has 0 unspecified atom stereocenters. The summed E-state index contributed by atoms with van der Waals surface area (Å²) in [6, 6.07) is -0.923. The number of hydrogen-bond acceptors (Lipinski definition) is 14. The monoisotopic (exact) mass is 834 g/mol. The molecule has 0 aromatic heterocycles. The lowest BCUT2D eigenvalue weighted by Gasteiger charge is -2.45. The highest BCUT2D eigenvalue weighted by Crippen LogP contribution is 2.36. The zero-order valence-electron chi connectivity index (χ0n) is 35.5. The Kier molecular flexibility index (Phi) is 16.3. The Bertz CT molecular complexity index is 1600. The highest BCUT2D eigenvalue weighted by atomic mass is 16.7. The van der Waals surface area contributed by atoms with Crippen molar-refractivity contribution in [3.05, 3.63) is 12.7 Å². The first-order chi connectivity index (χ1) is 27.7. The summed E-state index contributed by atoms with van der Waals surface area (Å²) in [6.45, 7) is 12.2. The van der Waals surface area contributed by atoms with Gasteiger partial charge in [-0.15, -0.1) is 0 Å². The molecule has 0 spiro atoms. The Labute approximate surface area is 345 Å². The van der Waals surface area contributed by atoms with Crippen LogP contribution in [0.25, 0.3) is 0 Å². The predicted molar refractivity (Wildman–Crippen MR) is 208 cm³/mol. The van der Waals surface area contributed by atoms with Gasteiger partial charge in [-0.05, 0) is 78.6 Å². The molecule has 18 nitrogen and oxygen atoms in total. The van der Waals surface area contributed by atoms with Crippen LogP contribution in [-0.2, 0) is 62.0 Å². The molecule has 4 aliphatic rings. The van der Waals surface area contributed by atoms with Gasteiger partial charge in [-0.2, -0.15) is 0 Å². The number of ether oxygens (including phenoxy) is 6. The van der Waals surface area contributed by atoms with Crippen LogP contribution in [-0.4, -0.2) is 133 Å². The molecule has 0 radical (unpaired) electrons. The standard InChI is InChI=1S/C41H62N4O14/c1-10-18-54-39(52)27-15-17-30(21-27)45(9)38(51)34-32(56-23(3)47)31(55-22(2)46)33(57-24(4)48)36(58-34)43-35(49)25-14-16-29(20-25)44(8)37(50)26-12-11-13-28(19-26)42-40(53)59-41(5,6)7/h10,25-34,36H,1,11-21H2,2-9H3,(H,42,53)(H,43,49)/t25-,26+,27-,28-,29+,30+,31-,32-,33+,34-,36+/m0/s1. The molecule has 4 rings (SSSR count). The van der Waals surface area contributed by atoms with E-state index < -0.39 is 95.9 Å². The quantitative estimate of drug-likeness (QED) is 0.155. The first-order valence-corrected chi connectivity index (χ1v) is 20.5. The number of carbonyl (C=O) groups is 8. The minimum atomic E-state index is -1.64. The van der Waals surface area contributed by atoms with Gasteiger partial charge in [0.05, 0.1) is 5.92 Å². The molecule has 4 fully saturated rings. The molecule has 1 saturated heterocycles. The molecule has 3 saturated carbocycles. The van der Waals surface area contributed by atoms with Crippen molar-refractivity contribution in [1.82, 2.24) is 20.4 Å². The van der Waals surface area contributed by atoms with Gasteiger partial charge in [-0.3, -0.25) is 33.6 Å². The van der Waals surface area contributed by atoms with Crippen LogP contribution in [0.3, 0.4) is 0 Å². The second kappa shape index (κ2) is 20.5. The Morgan fingerprint density at radius 3 is 1.85 bits per heavy atom. The highest BCUT2D eigenvalue weighted by molar-refractivity contribution is 5.84. The first-order valence-electron chi connectivity index (χ1n) is 20.5. The lowest BCUT2D eigenvalue weighted by Crippen LogP contribution is -2.68. The molecule has 330 valence electrons. The molecule has 0 aromatic carbocycles. The van der Waals surface area contributed by atoms with Gasteiger partial charge < -0.3 is 48.9 Å². The van der Waals surface area contributed by atoms with Crippen molar-refractivity contribution in [2.45, 2.75) is 160 Å². The van der Waals surface area contributed by atoms with Crippen LogP contribution in [0.2, 0.25) is 0 Å². The van der Waals surface area contributed by atoms with E-state index in [4.69, 9.17) is 28.4 Å². The molecule has 0 aromatic rings. The largest absolute Gasteiger partial charge is 0.461 e. The Hall–Kier alpha value is -4.74. The number of carbonyl (C=O) groups excluding carboxylic acids is 8. The summed E-state index contributed by atoms with van der Waals surface area (Å²) in [5.74, 6) is -5.61. The third-order valence-electron chi connectivity index (χ3n) is 11.4. The maximum absolute atomic E-state index is 14.3. The minimum Gasteiger partial charge on any atom is -0.461 e. The van der Waals surface area contributed by atoms with E-state index in [-0.39, 0.29) is 36.9 Å². The van der Waals surface area contributed by atoms with E-state index in [0.717, 1.165) is 33.6 Å².